The third-order valence-electron chi connectivity index (χ3n) is 3.00. The molecule has 0 fully saturated rings. The Morgan fingerprint density at radius 2 is 1.95 bits per heavy atom. The van der Waals surface area contributed by atoms with Crippen LogP contribution < -0.4 is 5.32 Å². The molecule has 0 aliphatic heterocycles. The highest BCUT2D eigenvalue weighted by Crippen LogP contribution is 2.28. The van der Waals surface area contributed by atoms with E-state index in [0.717, 1.165) is 0 Å². The van der Waals surface area contributed by atoms with Crippen LogP contribution in [0.25, 0.3) is 0 Å². The number of hydrogen-bond donors (Lipinski definition) is 3. The Morgan fingerprint density at radius 1 is 1.23 bits per heavy atom. The van der Waals surface area contributed by atoms with E-state index in [1.807, 2.05) is 6.92 Å². The van der Waals surface area contributed by atoms with Crippen LogP contribution in [0.4, 0.5) is 9.59 Å². The number of rotatable bonds is 6. The summed E-state index contributed by atoms with van der Waals surface area (Å²) in [5.41, 5.74) is 0.520. The average molecular weight is 310 g/mol. The number of amides is 2. The monoisotopic (exact) mass is 310 g/mol. The van der Waals surface area contributed by atoms with Crippen molar-refractivity contribution in [1.29, 1.82) is 0 Å². The molecule has 22 heavy (non-hydrogen) atoms. The molecule has 0 heterocycles. The van der Waals surface area contributed by atoms with Gasteiger partial charge in [-0.15, -0.1) is 0 Å². The van der Waals surface area contributed by atoms with Gasteiger partial charge in [0.15, 0.2) is 11.5 Å². The fourth-order valence-electron chi connectivity index (χ4n) is 1.92. The number of para-hydroxylation sites is 1. The van der Waals surface area contributed by atoms with Crippen LogP contribution in [0.1, 0.15) is 25.8 Å². The number of carbonyl (C=O) groups is 2. The third kappa shape index (κ3) is 5.16. The average Bonchev–Trinajstić information content (AvgIpc) is 2.47. The summed E-state index contributed by atoms with van der Waals surface area (Å²) in [4.78, 5) is 24.6. The van der Waals surface area contributed by atoms with Crippen LogP contribution in [0.2, 0.25) is 0 Å². The first-order valence-electron chi connectivity index (χ1n) is 7.24. The summed E-state index contributed by atoms with van der Waals surface area (Å²) in [5, 5.41) is 21.6. The van der Waals surface area contributed by atoms with E-state index in [0.29, 0.717) is 31.5 Å². The van der Waals surface area contributed by atoms with E-state index in [2.05, 4.69) is 10.1 Å². The normalized spacial score (nSPS) is 10.1. The smallest absolute Gasteiger partial charge is 0.418 e. The molecule has 0 radical (unpaired) electrons. The molecule has 0 aliphatic rings. The van der Waals surface area contributed by atoms with E-state index in [1.54, 1.807) is 19.1 Å². The van der Waals surface area contributed by atoms with Crippen molar-refractivity contribution in [3.05, 3.63) is 23.8 Å². The molecule has 0 spiro atoms. The molecule has 0 atom stereocenters. The molecule has 122 valence electrons. The van der Waals surface area contributed by atoms with Gasteiger partial charge in [0.1, 0.15) is 0 Å². The molecule has 7 heteroatoms. The first kappa shape index (κ1) is 17.6. The molecular formula is C15H22N2O5. The molecule has 1 aromatic rings. The molecular weight excluding hydrogens is 288 g/mol. The molecule has 1 rings (SSSR count). The first-order valence-corrected chi connectivity index (χ1v) is 7.24. The van der Waals surface area contributed by atoms with Gasteiger partial charge in [-0.1, -0.05) is 19.1 Å². The number of alkyl carbamates (subject to hydrolysis) is 1. The Kier molecular flexibility index (Phi) is 7.01. The summed E-state index contributed by atoms with van der Waals surface area (Å²) < 4.78 is 4.67. The quantitative estimate of drug-likeness (QED) is 0.552. The maximum absolute atomic E-state index is 11.9. The van der Waals surface area contributed by atoms with Crippen LogP contribution in [0.3, 0.4) is 0 Å². The van der Waals surface area contributed by atoms with Gasteiger partial charge in [0.05, 0.1) is 0 Å². The van der Waals surface area contributed by atoms with E-state index < -0.39 is 12.2 Å². The molecule has 0 aliphatic carbocycles. The van der Waals surface area contributed by atoms with Crippen LogP contribution >= 0.6 is 0 Å². The van der Waals surface area contributed by atoms with Crippen LogP contribution in [0.5, 0.6) is 11.5 Å². The minimum absolute atomic E-state index is 0.198. The summed E-state index contributed by atoms with van der Waals surface area (Å²) in [5.74, 6) is -0.402. The maximum Gasteiger partial charge on any atom is 0.418 e. The van der Waals surface area contributed by atoms with Crippen LogP contribution in [0, 0.1) is 0 Å². The fourth-order valence-corrected chi connectivity index (χ4v) is 1.92. The number of carbonyl (C=O) groups excluding carboxylic acids is 2. The number of phenolic OH excluding ortho intramolecular Hbond substituents is 2. The second kappa shape index (κ2) is 8.76. The van der Waals surface area contributed by atoms with Gasteiger partial charge < -0.3 is 25.2 Å². The van der Waals surface area contributed by atoms with Gasteiger partial charge in [-0.2, -0.15) is 0 Å². The van der Waals surface area contributed by atoms with Crippen LogP contribution in [-0.2, 0) is 11.2 Å². The molecule has 1 aromatic carbocycles. The Hall–Kier alpha value is -2.44. The first-order chi connectivity index (χ1) is 10.5. The second-order valence-electron chi connectivity index (χ2n) is 4.71. The number of phenols is 2. The topological polar surface area (TPSA) is 99.1 Å². The molecule has 2 amide bonds. The highest BCUT2D eigenvalue weighted by atomic mass is 16.6. The van der Waals surface area contributed by atoms with E-state index in [1.165, 1.54) is 11.0 Å². The van der Waals surface area contributed by atoms with Crippen LogP contribution in [-0.4, -0.2) is 46.9 Å². The number of benzene rings is 1. The van der Waals surface area contributed by atoms with Crippen molar-refractivity contribution in [2.75, 3.05) is 19.6 Å². The molecule has 0 saturated heterocycles. The van der Waals surface area contributed by atoms with Gasteiger partial charge >= 0.3 is 12.2 Å². The maximum atomic E-state index is 11.9. The van der Waals surface area contributed by atoms with E-state index in [-0.39, 0.29) is 18.0 Å². The van der Waals surface area contributed by atoms with Gasteiger partial charge in [-0.05, 0) is 31.4 Å². The summed E-state index contributed by atoms with van der Waals surface area (Å²) in [6.07, 6.45) is -0.470. The number of nitrogens with zero attached hydrogens (tertiary/aromatic N) is 1. The van der Waals surface area contributed by atoms with Crippen molar-refractivity contribution in [1.82, 2.24) is 10.2 Å². The van der Waals surface area contributed by atoms with Crippen molar-refractivity contribution < 1.29 is 24.5 Å². The summed E-state index contributed by atoms with van der Waals surface area (Å²) >= 11 is 0. The fraction of sp³-hybridized carbons (Fsp3) is 0.467. The molecule has 0 bridgehead atoms. The Morgan fingerprint density at radius 3 is 2.59 bits per heavy atom. The minimum atomic E-state index is -0.784. The number of hydrogen-bond acceptors (Lipinski definition) is 5. The summed E-state index contributed by atoms with van der Waals surface area (Å²) in [6.45, 7) is 4.69. The Balaban J connectivity index is 2.65. The Labute approximate surface area is 129 Å². The molecule has 0 aromatic heterocycles. The van der Waals surface area contributed by atoms with Crippen molar-refractivity contribution in [2.45, 2.75) is 26.7 Å². The standard InChI is InChI=1S/C15H22N2O5/c1-3-9-17(15(21)22-14(20)16-4-2)10-8-11-6-5-7-12(18)13(11)19/h5-7,18-19H,3-4,8-10H2,1-2H3,(H,16,20). The largest absolute Gasteiger partial charge is 0.504 e. The van der Waals surface area contributed by atoms with E-state index in [4.69, 9.17) is 0 Å². The van der Waals surface area contributed by atoms with Crippen molar-refractivity contribution >= 4 is 12.2 Å². The molecule has 0 unspecified atom stereocenters. The van der Waals surface area contributed by atoms with Gasteiger partial charge in [0.25, 0.3) is 0 Å². The van der Waals surface area contributed by atoms with Gasteiger partial charge in [-0.25, -0.2) is 9.59 Å². The van der Waals surface area contributed by atoms with E-state index in [9.17, 15) is 19.8 Å². The zero-order valence-corrected chi connectivity index (χ0v) is 12.8. The zero-order chi connectivity index (χ0) is 16.5. The van der Waals surface area contributed by atoms with Crippen molar-refractivity contribution in [3.63, 3.8) is 0 Å². The molecule has 3 N–H and O–H groups in total. The predicted octanol–water partition coefficient (Wildman–Crippen LogP) is 2.22. The molecule has 0 saturated carbocycles. The molecule has 7 nitrogen and oxygen atoms in total. The highest BCUT2D eigenvalue weighted by Gasteiger charge is 2.18. The van der Waals surface area contributed by atoms with Gasteiger partial charge in [0, 0.05) is 19.6 Å². The lowest BCUT2D eigenvalue weighted by Crippen LogP contribution is -2.38. The summed E-state index contributed by atoms with van der Waals surface area (Å²) in [7, 11) is 0. The Bertz CT molecular complexity index is 519. The number of nitrogens with one attached hydrogen (secondary N) is 1. The van der Waals surface area contributed by atoms with Gasteiger partial charge in [-0.3, -0.25) is 0 Å². The van der Waals surface area contributed by atoms with Crippen molar-refractivity contribution in [2.24, 2.45) is 0 Å². The zero-order valence-electron chi connectivity index (χ0n) is 12.8. The highest BCUT2D eigenvalue weighted by molar-refractivity contribution is 5.83. The lowest BCUT2D eigenvalue weighted by atomic mass is 10.1. The SMILES string of the molecule is CCCN(CCc1cccc(O)c1O)C(=O)OC(=O)NCC. The van der Waals surface area contributed by atoms with Gasteiger partial charge in [0.2, 0.25) is 0 Å². The summed E-state index contributed by atoms with van der Waals surface area (Å²) in [6, 6.07) is 4.65. The van der Waals surface area contributed by atoms with Crippen LogP contribution in [0.15, 0.2) is 18.2 Å². The van der Waals surface area contributed by atoms with E-state index >= 15 is 0 Å². The second-order valence-corrected chi connectivity index (χ2v) is 4.71. The third-order valence-corrected chi connectivity index (χ3v) is 3.00. The number of aromatic hydroxyl groups is 2. The number of ether oxygens (including phenoxy) is 1. The lowest BCUT2D eigenvalue weighted by molar-refractivity contribution is 0.118. The predicted molar refractivity (Wildman–Crippen MR) is 80.9 cm³/mol. The lowest BCUT2D eigenvalue weighted by Gasteiger charge is -2.21. The van der Waals surface area contributed by atoms with Crippen molar-refractivity contribution in [3.8, 4) is 11.5 Å². The minimum Gasteiger partial charge on any atom is -0.504 e.